The molecule has 0 aliphatic rings. The maximum Gasteiger partial charge on any atom is 0.204 e. The first-order valence-electron chi connectivity index (χ1n) is 6.02. The van der Waals surface area contributed by atoms with E-state index in [4.69, 9.17) is 4.74 Å². The van der Waals surface area contributed by atoms with E-state index >= 15 is 0 Å². The molecule has 0 saturated heterocycles. The molecule has 0 aliphatic carbocycles. The second kappa shape index (κ2) is 6.33. The number of anilines is 2. The second-order valence-corrected chi connectivity index (χ2v) is 4.79. The summed E-state index contributed by atoms with van der Waals surface area (Å²) < 4.78 is 5.37. The molecule has 0 unspecified atom stereocenters. The predicted octanol–water partition coefficient (Wildman–Crippen LogP) is 2.29. The van der Waals surface area contributed by atoms with Gasteiger partial charge in [-0.25, -0.2) is 15.0 Å². The maximum absolute atomic E-state index is 5.37. The third-order valence-electron chi connectivity index (χ3n) is 2.61. The Balaban J connectivity index is 2.15. The van der Waals surface area contributed by atoms with Crippen LogP contribution >= 0.6 is 11.3 Å². The van der Waals surface area contributed by atoms with E-state index in [1.165, 1.54) is 11.2 Å². The molecular weight excluding hydrogens is 262 g/mol. The van der Waals surface area contributed by atoms with Gasteiger partial charge in [-0.1, -0.05) is 0 Å². The Kier molecular flexibility index (Phi) is 4.51. The SMILES string of the molecule is CCNc1ncnc(NCc2scnc2C)c1OC. The van der Waals surface area contributed by atoms with Gasteiger partial charge in [0.1, 0.15) is 6.33 Å². The van der Waals surface area contributed by atoms with E-state index in [2.05, 4.69) is 25.6 Å². The number of hydrogen-bond acceptors (Lipinski definition) is 7. The van der Waals surface area contributed by atoms with Crippen molar-refractivity contribution in [3.8, 4) is 5.75 Å². The number of hydrogen-bond donors (Lipinski definition) is 2. The summed E-state index contributed by atoms with van der Waals surface area (Å²) in [6.45, 7) is 5.46. The normalized spacial score (nSPS) is 10.3. The molecule has 7 heteroatoms. The molecule has 102 valence electrons. The second-order valence-electron chi connectivity index (χ2n) is 3.85. The van der Waals surface area contributed by atoms with Gasteiger partial charge in [-0.15, -0.1) is 11.3 Å². The van der Waals surface area contributed by atoms with Gasteiger partial charge in [0.2, 0.25) is 5.75 Å². The van der Waals surface area contributed by atoms with Crippen LogP contribution in [0.5, 0.6) is 5.75 Å². The number of methoxy groups -OCH3 is 1. The minimum absolute atomic E-state index is 0.631. The van der Waals surface area contributed by atoms with Gasteiger partial charge in [0.05, 0.1) is 24.9 Å². The van der Waals surface area contributed by atoms with Crippen LogP contribution in [0.1, 0.15) is 17.5 Å². The van der Waals surface area contributed by atoms with Gasteiger partial charge in [0.15, 0.2) is 11.6 Å². The van der Waals surface area contributed by atoms with Crippen LogP contribution < -0.4 is 15.4 Å². The molecule has 0 radical (unpaired) electrons. The standard InChI is InChI=1S/C12H17N5OS/c1-4-13-11-10(18-3)12(16-6-15-11)14-5-9-8(2)17-7-19-9/h6-7H,4-5H2,1-3H3,(H2,13,14,15,16). The van der Waals surface area contributed by atoms with Crippen molar-refractivity contribution in [2.45, 2.75) is 20.4 Å². The zero-order chi connectivity index (χ0) is 13.7. The van der Waals surface area contributed by atoms with Crippen molar-refractivity contribution in [1.82, 2.24) is 15.0 Å². The molecule has 2 heterocycles. The third-order valence-corrected chi connectivity index (χ3v) is 3.55. The predicted molar refractivity (Wildman–Crippen MR) is 76.9 cm³/mol. The maximum atomic E-state index is 5.37. The first kappa shape index (κ1) is 13.5. The summed E-state index contributed by atoms with van der Waals surface area (Å²) in [6, 6.07) is 0. The summed E-state index contributed by atoms with van der Waals surface area (Å²) in [7, 11) is 1.61. The number of nitrogens with zero attached hydrogens (tertiary/aromatic N) is 3. The van der Waals surface area contributed by atoms with Crippen LogP contribution in [0.2, 0.25) is 0 Å². The van der Waals surface area contributed by atoms with Crippen LogP contribution in [0.4, 0.5) is 11.6 Å². The molecule has 0 fully saturated rings. The Morgan fingerprint density at radius 3 is 2.53 bits per heavy atom. The lowest BCUT2D eigenvalue weighted by molar-refractivity contribution is 0.414. The Labute approximate surface area is 116 Å². The van der Waals surface area contributed by atoms with Gasteiger partial charge in [0, 0.05) is 11.4 Å². The molecule has 2 N–H and O–H groups in total. The molecule has 0 saturated carbocycles. The monoisotopic (exact) mass is 279 g/mol. The van der Waals surface area contributed by atoms with Crippen LogP contribution in [-0.2, 0) is 6.54 Å². The van der Waals surface area contributed by atoms with Gasteiger partial charge in [-0.2, -0.15) is 0 Å². The number of nitrogens with one attached hydrogen (secondary N) is 2. The number of rotatable bonds is 6. The van der Waals surface area contributed by atoms with Gasteiger partial charge < -0.3 is 15.4 Å². The molecule has 0 atom stereocenters. The van der Waals surface area contributed by atoms with Crippen LogP contribution in [0, 0.1) is 6.92 Å². The minimum Gasteiger partial charge on any atom is -0.490 e. The average molecular weight is 279 g/mol. The van der Waals surface area contributed by atoms with Crippen molar-refractivity contribution in [3.63, 3.8) is 0 Å². The Morgan fingerprint density at radius 2 is 1.95 bits per heavy atom. The molecule has 19 heavy (non-hydrogen) atoms. The highest BCUT2D eigenvalue weighted by atomic mass is 32.1. The first-order valence-corrected chi connectivity index (χ1v) is 6.90. The summed E-state index contributed by atoms with van der Waals surface area (Å²) in [5, 5.41) is 6.41. The van der Waals surface area contributed by atoms with Gasteiger partial charge >= 0.3 is 0 Å². The number of aromatic nitrogens is 3. The van der Waals surface area contributed by atoms with Crippen molar-refractivity contribution in [3.05, 3.63) is 22.4 Å². The highest BCUT2D eigenvalue weighted by Crippen LogP contribution is 2.29. The summed E-state index contributed by atoms with van der Waals surface area (Å²) in [4.78, 5) is 13.8. The lowest BCUT2D eigenvalue weighted by Gasteiger charge is -2.13. The number of aryl methyl sites for hydroxylation is 1. The van der Waals surface area contributed by atoms with Gasteiger partial charge in [-0.05, 0) is 13.8 Å². The van der Waals surface area contributed by atoms with Crippen molar-refractivity contribution >= 4 is 23.0 Å². The van der Waals surface area contributed by atoms with E-state index in [-0.39, 0.29) is 0 Å². The van der Waals surface area contributed by atoms with Crippen molar-refractivity contribution in [1.29, 1.82) is 0 Å². The van der Waals surface area contributed by atoms with Gasteiger partial charge in [0.25, 0.3) is 0 Å². The fourth-order valence-electron chi connectivity index (χ4n) is 1.65. The van der Waals surface area contributed by atoms with E-state index in [0.29, 0.717) is 23.9 Å². The Hall–Kier alpha value is -1.89. The fourth-order valence-corrected chi connectivity index (χ4v) is 2.36. The van der Waals surface area contributed by atoms with Crippen LogP contribution in [0.25, 0.3) is 0 Å². The summed E-state index contributed by atoms with van der Waals surface area (Å²) in [5.41, 5.74) is 2.88. The molecule has 0 spiro atoms. The molecular formula is C12H17N5OS. The highest BCUT2D eigenvalue weighted by molar-refractivity contribution is 7.09. The summed E-state index contributed by atoms with van der Waals surface area (Å²) in [5.74, 6) is 2.01. The molecule has 0 aromatic carbocycles. The smallest absolute Gasteiger partial charge is 0.204 e. The third kappa shape index (κ3) is 3.11. The molecule has 2 aromatic heterocycles. The highest BCUT2D eigenvalue weighted by Gasteiger charge is 2.11. The molecule has 0 amide bonds. The van der Waals surface area contributed by atoms with E-state index < -0.39 is 0 Å². The quantitative estimate of drug-likeness (QED) is 0.845. The largest absolute Gasteiger partial charge is 0.490 e. The average Bonchev–Trinajstić information content (AvgIpc) is 2.82. The van der Waals surface area contributed by atoms with E-state index in [9.17, 15) is 0 Å². The van der Waals surface area contributed by atoms with Crippen molar-refractivity contribution in [2.75, 3.05) is 24.3 Å². The minimum atomic E-state index is 0.631. The van der Waals surface area contributed by atoms with Crippen LogP contribution in [0.3, 0.4) is 0 Å². The van der Waals surface area contributed by atoms with E-state index in [1.807, 2.05) is 19.4 Å². The topological polar surface area (TPSA) is 72.0 Å². The van der Waals surface area contributed by atoms with Crippen LogP contribution in [0.15, 0.2) is 11.8 Å². The zero-order valence-electron chi connectivity index (χ0n) is 11.2. The summed E-state index contributed by atoms with van der Waals surface area (Å²) in [6.07, 6.45) is 1.52. The van der Waals surface area contributed by atoms with E-state index in [1.54, 1.807) is 18.4 Å². The number of ether oxygens (including phenoxy) is 1. The van der Waals surface area contributed by atoms with E-state index in [0.717, 1.165) is 12.2 Å². The molecule has 0 aliphatic heterocycles. The summed E-state index contributed by atoms with van der Waals surface area (Å²) >= 11 is 1.62. The Bertz CT molecular complexity index is 543. The lowest BCUT2D eigenvalue weighted by Crippen LogP contribution is -2.08. The van der Waals surface area contributed by atoms with Gasteiger partial charge in [-0.3, -0.25) is 0 Å². The molecule has 6 nitrogen and oxygen atoms in total. The zero-order valence-corrected chi connectivity index (χ0v) is 12.0. The molecule has 0 bridgehead atoms. The molecule has 2 rings (SSSR count). The first-order chi connectivity index (χ1) is 9.26. The fraction of sp³-hybridized carbons (Fsp3) is 0.417. The molecule has 2 aromatic rings. The number of thiazole rings is 1. The Morgan fingerprint density at radius 1 is 1.21 bits per heavy atom. The van der Waals surface area contributed by atoms with Crippen LogP contribution in [-0.4, -0.2) is 28.6 Å². The lowest BCUT2D eigenvalue weighted by atomic mass is 10.4. The van der Waals surface area contributed by atoms with Crippen molar-refractivity contribution in [2.24, 2.45) is 0 Å². The van der Waals surface area contributed by atoms with Crippen molar-refractivity contribution < 1.29 is 4.74 Å².